The van der Waals surface area contributed by atoms with Gasteiger partial charge >= 0.3 is 0 Å². The number of nitrogens with one attached hydrogen (secondary N) is 1. The van der Waals surface area contributed by atoms with Gasteiger partial charge in [0.25, 0.3) is 5.96 Å². The van der Waals surface area contributed by atoms with Crippen LogP contribution in [0.25, 0.3) is 10.9 Å². The fraction of sp³-hybridized carbons (Fsp3) is 0. The summed E-state index contributed by atoms with van der Waals surface area (Å²) in [5.74, 6) is 4.66. The van der Waals surface area contributed by atoms with E-state index >= 15 is 0 Å². The van der Waals surface area contributed by atoms with E-state index in [4.69, 9.17) is 11.6 Å². The van der Waals surface area contributed by atoms with Crippen LogP contribution in [0.15, 0.2) is 39.6 Å². The molecule has 7 heteroatoms. The molecule has 6 N–H and O–H groups in total. The summed E-state index contributed by atoms with van der Waals surface area (Å²) < 4.78 is 0. The number of para-hydroxylation sites is 1. The molecule has 0 saturated heterocycles. The Hall–Kier alpha value is -2.57. The van der Waals surface area contributed by atoms with Gasteiger partial charge in [0.15, 0.2) is 5.69 Å². The van der Waals surface area contributed by atoms with Gasteiger partial charge in [0, 0.05) is 5.39 Å². The number of hydrogen-bond acceptors (Lipinski definition) is 4. The monoisotopic (exact) mass is 218 g/mol. The third-order valence-corrected chi connectivity index (χ3v) is 2.04. The summed E-state index contributed by atoms with van der Waals surface area (Å²) in [5.41, 5.74) is 6.33. The van der Waals surface area contributed by atoms with Gasteiger partial charge in [-0.05, 0) is 6.07 Å². The normalized spacial score (nSPS) is 12.6. The molecule has 7 nitrogen and oxygen atoms in total. The molecule has 1 heterocycles. The summed E-state index contributed by atoms with van der Waals surface area (Å²) in [6.07, 6.45) is 0. The van der Waals surface area contributed by atoms with Crippen LogP contribution in [0.5, 0.6) is 5.88 Å². The van der Waals surface area contributed by atoms with Crippen LogP contribution in [0.3, 0.4) is 0 Å². The first-order valence-corrected chi connectivity index (χ1v) is 4.47. The number of nitrogens with two attached hydrogens (primary N) is 2. The van der Waals surface area contributed by atoms with Crippen LogP contribution < -0.4 is 11.6 Å². The van der Waals surface area contributed by atoms with Gasteiger partial charge in [0.1, 0.15) is 0 Å². The maximum Gasteiger partial charge on any atom is 0.256 e. The summed E-state index contributed by atoms with van der Waals surface area (Å²) in [7, 11) is 0. The molecule has 0 fully saturated rings. The maximum absolute atomic E-state index is 9.60. The van der Waals surface area contributed by atoms with Crippen molar-refractivity contribution in [2.45, 2.75) is 0 Å². The molecule has 2 rings (SSSR count). The highest BCUT2D eigenvalue weighted by molar-refractivity contribution is 5.94. The van der Waals surface area contributed by atoms with Crippen LogP contribution in [0, 0.1) is 0 Å². The number of aromatic hydroxyl groups is 1. The number of hydrazone groups is 1. The number of guanidine groups is 1. The zero-order chi connectivity index (χ0) is 11.5. The van der Waals surface area contributed by atoms with E-state index in [0.717, 1.165) is 10.9 Å². The molecule has 0 amide bonds. The molecule has 0 aliphatic carbocycles. The Balaban J connectivity index is 2.52. The maximum atomic E-state index is 9.60. The quantitative estimate of drug-likeness (QED) is 0.188. The lowest BCUT2D eigenvalue weighted by atomic mass is 10.2. The van der Waals surface area contributed by atoms with Gasteiger partial charge in [-0.2, -0.15) is 0 Å². The first-order chi connectivity index (χ1) is 7.72. The molecule has 0 aliphatic rings. The van der Waals surface area contributed by atoms with Crippen LogP contribution in [-0.4, -0.2) is 16.1 Å². The molecule has 2 aromatic rings. The van der Waals surface area contributed by atoms with Crippen LogP contribution in [0.2, 0.25) is 0 Å². The zero-order valence-corrected chi connectivity index (χ0v) is 8.25. The van der Waals surface area contributed by atoms with Crippen molar-refractivity contribution in [3.63, 3.8) is 0 Å². The van der Waals surface area contributed by atoms with Crippen molar-refractivity contribution in [1.29, 1.82) is 0 Å². The van der Waals surface area contributed by atoms with Crippen molar-refractivity contribution in [3.8, 4) is 5.88 Å². The number of aromatic amines is 1. The Morgan fingerprint density at radius 2 is 2.06 bits per heavy atom. The molecule has 1 aromatic heterocycles. The number of H-pyrrole nitrogens is 1. The van der Waals surface area contributed by atoms with Gasteiger partial charge in [-0.15, -0.1) is 15.3 Å². The van der Waals surface area contributed by atoms with Crippen LogP contribution >= 0.6 is 0 Å². The van der Waals surface area contributed by atoms with E-state index in [1.54, 1.807) is 6.07 Å². The molecule has 0 aliphatic heterocycles. The number of fused-ring (bicyclic) bond motifs is 1. The van der Waals surface area contributed by atoms with E-state index in [1.165, 1.54) is 0 Å². The standard InChI is InChI=1S/C9H10N6O/c10-9(13-11)15-14-7-5-3-1-2-4-6(5)12-8(7)16/h1-4,12,16H,11H2,(H2,10,13). The highest BCUT2D eigenvalue weighted by atomic mass is 16.3. The van der Waals surface area contributed by atoms with Crippen molar-refractivity contribution in [1.82, 2.24) is 4.98 Å². The van der Waals surface area contributed by atoms with Crippen LogP contribution in [0.1, 0.15) is 0 Å². The smallest absolute Gasteiger partial charge is 0.256 e. The predicted octanol–water partition coefficient (Wildman–Crippen LogP) is 1.15. The second-order valence-corrected chi connectivity index (χ2v) is 3.06. The molecular weight excluding hydrogens is 208 g/mol. The number of benzene rings is 1. The summed E-state index contributed by atoms with van der Waals surface area (Å²) in [6.45, 7) is 0. The average molecular weight is 218 g/mol. The van der Waals surface area contributed by atoms with Gasteiger partial charge in [-0.3, -0.25) is 0 Å². The lowest BCUT2D eigenvalue weighted by molar-refractivity contribution is 0.459. The summed E-state index contributed by atoms with van der Waals surface area (Å²) in [5, 5.41) is 20.8. The topological polar surface area (TPSA) is 125 Å². The molecule has 0 atom stereocenters. The summed E-state index contributed by atoms with van der Waals surface area (Å²) in [4.78, 5) is 2.76. The number of rotatable bonds is 1. The molecule has 0 radical (unpaired) electrons. The fourth-order valence-corrected chi connectivity index (χ4v) is 1.34. The largest absolute Gasteiger partial charge is 0.493 e. The third-order valence-electron chi connectivity index (χ3n) is 2.04. The Morgan fingerprint density at radius 1 is 1.31 bits per heavy atom. The van der Waals surface area contributed by atoms with Gasteiger partial charge in [0.05, 0.1) is 5.52 Å². The number of nitrogens with zero attached hydrogens (tertiary/aromatic N) is 3. The van der Waals surface area contributed by atoms with E-state index in [-0.39, 0.29) is 11.8 Å². The minimum Gasteiger partial charge on any atom is -0.493 e. The number of aromatic nitrogens is 1. The van der Waals surface area contributed by atoms with Crippen molar-refractivity contribution >= 4 is 22.5 Å². The van der Waals surface area contributed by atoms with Crippen molar-refractivity contribution < 1.29 is 5.11 Å². The second kappa shape index (κ2) is 3.89. The first-order valence-electron chi connectivity index (χ1n) is 4.47. The second-order valence-electron chi connectivity index (χ2n) is 3.06. The predicted molar refractivity (Wildman–Crippen MR) is 60.3 cm³/mol. The zero-order valence-electron chi connectivity index (χ0n) is 8.25. The molecule has 1 aromatic carbocycles. The minimum absolute atomic E-state index is 0.0743. The Morgan fingerprint density at radius 3 is 2.81 bits per heavy atom. The first kappa shape index (κ1) is 9.97. The van der Waals surface area contributed by atoms with Crippen LogP contribution in [0.4, 0.5) is 5.69 Å². The Kier molecular flexibility index (Phi) is 2.42. The van der Waals surface area contributed by atoms with E-state index < -0.39 is 0 Å². The lowest BCUT2D eigenvalue weighted by Gasteiger charge is -1.90. The minimum atomic E-state index is -0.162. The highest BCUT2D eigenvalue weighted by Gasteiger charge is 2.09. The summed E-state index contributed by atoms with van der Waals surface area (Å²) in [6, 6.07) is 7.29. The SMILES string of the molecule is N/N=C(\N)N=Nc1c(O)[nH]c2ccccc12. The van der Waals surface area contributed by atoms with Crippen molar-refractivity contribution in [2.75, 3.05) is 0 Å². The molecule has 0 unspecified atom stereocenters. The Bertz CT molecular complexity index is 570. The van der Waals surface area contributed by atoms with E-state index in [0.29, 0.717) is 5.69 Å². The summed E-state index contributed by atoms with van der Waals surface area (Å²) >= 11 is 0. The average Bonchev–Trinajstić information content (AvgIpc) is 2.62. The van der Waals surface area contributed by atoms with Crippen molar-refractivity contribution in [2.24, 2.45) is 26.9 Å². The molecule has 16 heavy (non-hydrogen) atoms. The van der Waals surface area contributed by atoms with Gasteiger partial charge in [-0.25, -0.2) is 0 Å². The number of azo groups is 1. The van der Waals surface area contributed by atoms with E-state index in [9.17, 15) is 5.11 Å². The van der Waals surface area contributed by atoms with Gasteiger partial charge in [0.2, 0.25) is 5.88 Å². The van der Waals surface area contributed by atoms with Gasteiger partial charge < -0.3 is 21.7 Å². The lowest BCUT2D eigenvalue weighted by Crippen LogP contribution is -2.09. The third kappa shape index (κ3) is 1.65. The highest BCUT2D eigenvalue weighted by Crippen LogP contribution is 2.34. The fourth-order valence-electron chi connectivity index (χ4n) is 1.34. The van der Waals surface area contributed by atoms with Crippen molar-refractivity contribution in [3.05, 3.63) is 24.3 Å². The van der Waals surface area contributed by atoms with Gasteiger partial charge in [-0.1, -0.05) is 18.2 Å². The van der Waals surface area contributed by atoms with Crippen LogP contribution in [-0.2, 0) is 0 Å². The molecule has 0 saturated carbocycles. The Labute approximate surface area is 90.5 Å². The molecular formula is C9H10N6O. The molecule has 0 spiro atoms. The van der Waals surface area contributed by atoms with E-state index in [1.807, 2.05) is 18.2 Å². The molecule has 82 valence electrons. The molecule has 0 bridgehead atoms. The number of hydrogen-bond donors (Lipinski definition) is 4. The van der Waals surface area contributed by atoms with E-state index in [2.05, 4.69) is 20.3 Å².